The Kier molecular flexibility index (Phi) is 4.07. The molecule has 1 saturated carbocycles. The molecule has 1 aliphatic carbocycles. The number of hydrogen-bond donors (Lipinski definition) is 1. The lowest BCUT2D eigenvalue weighted by atomic mass is 10.0. The molecule has 1 aliphatic heterocycles. The Labute approximate surface area is 146 Å². The molecule has 1 N–H and O–H groups in total. The van der Waals surface area contributed by atoms with Crippen LogP contribution in [0.3, 0.4) is 0 Å². The zero-order chi connectivity index (χ0) is 17.4. The third kappa shape index (κ3) is 3.31. The van der Waals surface area contributed by atoms with Crippen molar-refractivity contribution in [3.63, 3.8) is 0 Å². The number of nitrogens with zero attached hydrogens (tertiary/aromatic N) is 3. The molecule has 4 rings (SSSR count). The summed E-state index contributed by atoms with van der Waals surface area (Å²) in [6.45, 7) is 1.20. The van der Waals surface area contributed by atoms with E-state index in [1.165, 1.54) is 12.5 Å². The first-order valence-electron chi connectivity index (χ1n) is 8.76. The van der Waals surface area contributed by atoms with Gasteiger partial charge in [-0.2, -0.15) is 5.10 Å². The number of aryl methyl sites for hydroxylation is 2. The van der Waals surface area contributed by atoms with E-state index in [9.17, 15) is 9.59 Å². The number of carbonyl (C=O) groups excluding carboxylic acids is 2. The van der Waals surface area contributed by atoms with Crippen LogP contribution in [0.4, 0.5) is 0 Å². The van der Waals surface area contributed by atoms with E-state index in [4.69, 9.17) is 4.42 Å². The standard InChI is InChI=1S/C18H22N4O3/c1-21-16-6-8-22(18(24)12-7-9-25-11-12)10-14(16)15(20-21)4-5-17(23)19-13-2-3-13/h7,9,11,13H,2-6,8,10H2,1H3,(H,19,23). The number of amides is 2. The van der Waals surface area contributed by atoms with Gasteiger partial charge in [0.2, 0.25) is 5.91 Å². The molecule has 2 aliphatic rings. The number of carbonyl (C=O) groups is 2. The first kappa shape index (κ1) is 15.9. The van der Waals surface area contributed by atoms with Crippen LogP contribution in [0.5, 0.6) is 0 Å². The summed E-state index contributed by atoms with van der Waals surface area (Å²) in [5, 5.41) is 7.60. The number of aromatic nitrogens is 2. The summed E-state index contributed by atoms with van der Waals surface area (Å²) in [7, 11) is 1.93. The highest BCUT2D eigenvalue weighted by atomic mass is 16.3. The van der Waals surface area contributed by atoms with Gasteiger partial charge in [0, 0.05) is 56.7 Å². The van der Waals surface area contributed by atoms with E-state index in [1.807, 2.05) is 16.6 Å². The quantitative estimate of drug-likeness (QED) is 0.891. The minimum Gasteiger partial charge on any atom is -0.472 e. The molecule has 3 heterocycles. The molecule has 2 aromatic heterocycles. The van der Waals surface area contributed by atoms with Crippen LogP contribution in [0.2, 0.25) is 0 Å². The van der Waals surface area contributed by atoms with Crippen molar-refractivity contribution in [2.75, 3.05) is 6.54 Å². The lowest BCUT2D eigenvalue weighted by molar-refractivity contribution is -0.121. The Hall–Kier alpha value is -2.57. The molecule has 2 aromatic rings. The van der Waals surface area contributed by atoms with Gasteiger partial charge in [0.05, 0.1) is 17.5 Å². The predicted molar refractivity (Wildman–Crippen MR) is 89.8 cm³/mol. The van der Waals surface area contributed by atoms with Gasteiger partial charge in [0.15, 0.2) is 0 Å². The van der Waals surface area contributed by atoms with Crippen LogP contribution < -0.4 is 5.32 Å². The Morgan fingerprint density at radius 1 is 1.40 bits per heavy atom. The fourth-order valence-corrected chi connectivity index (χ4v) is 3.37. The Morgan fingerprint density at radius 2 is 2.24 bits per heavy atom. The van der Waals surface area contributed by atoms with Gasteiger partial charge in [-0.1, -0.05) is 0 Å². The molecule has 0 unspecified atom stereocenters. The third-order valence-electron chi connectivity index (χ3n) is 4.91. The summed E-state index contributed by atoms with van der Waals surface area (Å²) in [6, 6.07) is 2.07. The van der Waals surface area contributed by atoms with Crippen molar-refractivity contribution in [3.05, 3.63) is 41.1 Å². The van der Waals surface area contributed by atoms with Gasteiger partial charge < -0.3 is 14.6 Å². The first-order chi connectivity index (χ1) is 12.1. The van der Waals surface area contributed by atoms with Gasteiger partial charge in [-0.15, -0.1) is 0 Å². The second-order valence-corrected chi connectivity index (χ2v) is 6.83. The van der Waals surface area contributed by atoms with Gasteiger partial charge in [-0.25, -0.2) is 0 Å². The largest absolute Gasteiger partial charge is 0.472 e. The molecule has 7 nitrogen and oxygen atoms in total. The minimum atomic E-state index is -0.0271. The molecule has 0 bridgehead atoms. The van der Waals surface area contributed by atoms with Gasteiger partial charge in [0.1, 0.15) is 6.26 Å². The maximum Gasteiger partial charge on any atom is 0.257 e. The van der Waals surface area contributed by atoms with Crippen molar-refractivity contribution in [1.29, 1.82) is 0 Å². The molecule has 1 fully saturated rings. The highest BCUT2D eigenvalue weighted by Crippen LogP contribution is 2.25. The second kappa shape index (κ2) is 6.38. The van der Waals surface area contributed by atoms with Crippen LogP contribution in [0.15, 0.2) is 23.0 Å². The van der Waals surface area contributed by atoms with Gasteiger partial charge in [-0.05, 0) is 18.9 Å². The van der Waals surface area contributed by atoms with Crippen LogP contribution in [-0.2, 0) is 31.2 Å². The average molecular weight is 342 g/mol. The molecule has 2 amide bonds. The van der Waals surface area contributed by atoms with Crippen molar-refractivity contribution >= 4 is 11.8 Å². The summed E-state index contributed by atoms with van der Waals surface area (Å²) in [5.41, 5.74) is 3.74. The molecule has 0 aromatic carbocycles. The highest BCUT2D eigenvalue weighted by molar-refractivity contribution is 5.94. The van der Waals surface area contributed by atoms with Crippen LogP contribution in [0.1, 0.15) is 46.6 Å². The number of furan rings is 1. The fourth-order valence-electron chi connectivity index (χ4n) is 3.37. The van der Waals surface area contributed by atoms with Crippen molar-refractivity contribution in [2.45, 2.75) is 44.7 Å². The first-order valence-corrected chi connectivity index (χ1v) is 8.76. The molecule has 0 radical (unpaired) electrons. The average Bonchev–Trinajstić information content (AvgIpc) is 3.14. The summed E-state index contributed by atoms with van der Waals surface area (Å²) < 4.78 is 6.91. The molecular formula is C18H22N4O3. The molecule has 132 valence electrons. The van der Waals surface area contributed by atoms with Crippen molar-refractivity contribution in [2.24, 2.45) is 7.05 Å². The zero-order valence-corrected chi connectivity index (χ0v) is 14.3. The van der Waals surface area contributed by atoms with Crippen LogP contribution in [0.25, 0.3) is 0 Å². The number of nitrogens with one attached hydrogen (secondary N) is 1. The monoisotopic (exact) mass is 342 g/mol. The normalized spacial score (nSPS) is 16.6. The maximum atomic E-state index is 12.6. The van der Waals surface area contributed by atoms with E-state index < -0.39 is 0 Å². The lowest BCUT2D eigenvalue weighted by Crippen LogP contribution is -2.36. The molecule has 0 atom stereocenters. The number of rotatable bonds is 5. The third-order valence-corrected chi connectivity index (χ3v) is 4.91. The van der Waals surface area contributed by atoms with Gasteiger partial charge in [-0.3, -0.25) is 14.3 Å². The Bertz CT molecular complexity index is 790. The zero-order valence-electron chi connectivity index (χ0n) is 14.3. The fraction of sp³-hybridized carbons (Fsp3) is 0.500. The molecule has 0 saturated heterocycles. The number of hydrogen-bond acceptors (Lipinski definition) is 4. The minimum absolute atomic E-state index is 0.0271. The highest BCUT2D eigenvalue weighted by Gasteiger charge is 2.28. The van der Waals surface area contributed by atoms with Crippen LogP contribution in [-0.4, -0.2) is 39.1 Å². The molecule has 0 spiro atoms. The van der Waals surface area contributed by atoms with E-state index in [2.05, 4.69) is 10.4 Å². The smallest absolute Gasteiger partial charge is 0.257 e. The summed E-state index contributed by atoms with van der Waals surface area (Å²) >= 11 is 0. The molecule has 7 heteroatoms. The van der Waals surface area contributed by atoms with Crippen LogP contribution >= 0.6 is 0 Å². The van der Waals surface area contributed by atoms with Crippen molar-refractivity contribution in [3.8, 4) is 0 Å². The maximum absolute atomic E-state index is 12.6. The van der Waals surface area contributed by atoms with Gasteiger partial charge in [0.25, 0.3) is 5.91 Å². The Morgan fingerprint density at radius 3 is 2.96 bits per heavy atom. The topological polar surface area (TPSA) is 80.4 Å². The van der Waals surface area contributed by atoms with E-state index >= 15 is 0 Å². The van der Waals surface area contributed by atoms with Crippen LogP contribution in [0, 0.1) is 0 Å². The van der Waals surface area contributed by atoms with Crippen molar-refractivity contribution in [1.82, 2.24) is 20.0 Å². The van der Waals surface area contributed by atoms with Gasteiger partial charge >= 0.3 is 0 Å². The predicted octanol–water partition coefficient (Wildman–Crippen LogP) is 1.42. The summed E-state index contributed by atoms with van der Waals surface area (Å²) in [5.74, 6) is 0.0599. The van der Waals surface area contributed by atoms with E-state index in [1.54, 1.807) is 6.07 Å². The number of fused-ring (bicyclic) bond motifs is 1. The molecule has 25 heavy (non-hydrogen) atoms. The SMILES string of the molecule is Cn1nc(CCC(=O)NC2CC2)c2c1CCN(C(=O)c1ccoc1)C2. The molecular weight excluding hydrogens is 320 g/mol. The summed E-state index contributed by atoms with van der Waals surface area (Å²) in [6.07, 6.45) is 6.99. The van der Waals surface area contributed by atoms with E-state index in [0.29, 0.717) is 37.5 Å². The van der Waals surface area contributed by atoms with E-state index in [-0.39, 0.29) is 11.8 Å². The van der Waals surface area contributed by atoms with E-state index in [0.717, 1.165) is 36.2 Å². The van der Waals surface area contributed by atoms with Crippen molar-refractivity contribution < 1.29 is 14.0 Å². The second-order valence-electron chi connectivity index (χ2n) is 6.83. The lowest BCUT2D eigenvalue weighted by Gasteiger charge is -2.27. The summed E-state index contributed by atoms with van der Waals surface area (Å²) in [4.78, 5) is 26.3. The Balaban J connectivity index is 1.46.